The van der Waals surface area contributed by atoms with Crippen molar-refractivity contribution in [2.24, 2.45) is 0 Å². The van der Waals surface area contributed by atoms with Gasteiger partial charge in [-0.05, 0) is 41.8 Å². The van der Waals surface area contributed by atoms with Gasteiger partial charge in [0.15, 0.2) is 0 Å². The summed E-state index contributed by atoms with van der Waals surface area (Å²) >= 11 is 0. The molecule has 3 nitrogen and oxygen atoms in total. The molecule has 0 spiro atoms. The number of hydrogen-bond acceptors (Lipinski definition) is 2. The van der Waals surface area contributed by atoms with Gasteiger partial charge in [0.1, 0.15) is 6.10 Å². The van der Waals surface area contributed by atoms with E-state index in [0.717, 1.165) is 16.7 Å². The van der Waals surface area contributed by atoms with Gasteiger partial charge in [0, 0.05) is 5.69 Å². The predicted molar refractivity (Wildman–Crippen MR) is 107 cm³/mol. The van der Waals surface area contributed by atoms with Gasteiger partial charge in [-0.3, -0.25) is 5.32 Å². The molecule has 0 aliphatic rings. The summed E-state index contributed by atoms with van der Waals surface area (Å²) in [5.41, 5.74) is 4.01. The Kier molecular flexibility index (Phi) is 5.84. The first kappa shape index (κ1) is 17.5. The number of benzene rings is 3. The predicted octanol–water partition coefficient (Wildman–Crippen LogP) is 6.00. The minimum absolute atomic E-state index is 0.321. The Balaban J connectivity index is 1.54. The van der Waals surface area contributed by atoms with E-state index in [4.69, 9.17) is 4.74 Å². The van der Waals surface area contributed by atoms with Crippen molar-refractivity contribution in [1.29, 1.82) is 0 Å². The molecule has 130 valence electrons. The number of amides is 1. The van der Waals surface area contributed by atoms with Crippen molar-refractivity contribution in [3.8, 4) is 11.1 Å². The molecular weight excluding hydrogens is 322 g/mol. The highest BCUT2D eigenvalue weighted by Gasteiger charge is 2.07. The van der Waals surface area contributed by atoms with Gasteiger partial charge in [-0.15, -0.1) is 0 Å². The lowest BCUT2D eigenvalue weighted by Crippen LogP contribution is -2.18. The molecule has 0 fully saturated rings. The van der Waals surface area contributed by atoms with Gasteiger partial charge >= 0.3 is 6.09 Å². The van der Waals surface area contributed by atoms with Crippen LogP contribution in [0.2, 0.25) is 0 Å². The molecule has 1 atom stereocenters. The molecular formula is C23H21NO2. The summed E-state index contributed by atoms with van der Waals surface area (Å²) in [7, 11) is 0. The first-order valence-corrected chi connectivity index (χ1v) is 8.57. The van der Waals surface area contributed by atoms with Crippen molar-refractivity contribution in [3.63, 3.8) is 0 Å². The third kappa shape index (κ3) is 5.08. The monoisotopic (exact) mass is 343 g/mol. The maximum absolute atomic E-state index is 12.0. The molecule has 3 rings (SSSR count). The second-order valence-electron chi connectivity index (χ2n) is 5.95. The van der Waals surface area contributed by atoms with Crippen LogP contribution in [-0.2, 0) is 4.74 Å². The zero-order valence-electron chi connectivity index (χ0n) is 14.6. The third-order valence-corrected chi connectivity index (χ3v) is 3.89. The van der Waals surface area contributed by atoms with E-state index in [1.165, 1.54) is 0 Å². The van der Waals surface area contributed by atoms with E-state index < -0.39 is 6.09 Å². The fraction of sp³-hybridized carbons (Fsp3) is 0.0870. The normalized spacial score (nSPS) is 11.9. The maximum atomic E-state index is 12.0. The lowest BCUT2D eigenvalue weighted by molar-refractivity contribution is 0.142. The molecule has 26 heavy (non-hydrogen) atoms. The Morgan fingerprint density at radius 2 is 1.42 bits per heavy atom. The summed E-state index contributed by atoms with van der Waals surface area (Å²) < 4.78 is 5.35. The molecule has 0 radical (unpaired) electrons. The Bertz CT molecular complexity index is 856. The number of carbonyl (C=O) groups excluding carboxylic acids is 1. The van der Waals surface area contributed by atoms with Crippen molar-refractivity contribution in [2.75, 3.05) is 5.32 Å². The van der Waals surface area contributed by atoms with Crippen molar-refractivity contribution in [3.05, 3.63) is 96.6 Å². The molecule has 3 aromatic carbocycles. The van der Waals surface area contributed by atoms with Crippen LogP contribution in [0.3, 0.4) is 0 Å². The minimum atomic E-state index is -0.470. The van der Waals surface area contributed by atoms with Gasteiger partial charge in [0.25, 0.3) is 0 Å². The van der Waals surface area contributed by atoms with E-state index in [2.05, 4.69) is 17.4 Å². The van der Waals surface area contributed by atoms with Crippen LogP contribution in [0.4, 0.5) is 10.5 Å². The highest BCUT2D eigenvalue weighted by Crippen LogP contribution is 2.21. The average Bonchev–Trinajstić information content (AvgIpc) is 2.68. The Hall–Kier alpha value is -3.33. The van der Waals surface area contributed by atoms with Crippen LogP contribution in [0.15, 0.2) is 91.0 Å². The van der Waals surface area contributed by atoms with Crippen molar-refractivity contribution >= 4 is 17.9 Å². The molecule has 0 aliphatic carbocycles. The first-order chi connectivity index (χ1) is 12.7. The summed E-state index contributed by atoms with van der Waals surface area (Å²) in [4.78, 5) is 12.0. The zero-order valence-corrected chi connectivity index (χ0v) is 14.6. The van der Waals surface area contributed by atoms with E-state index >= 15 is 0 Å². The summed E-state index contributed by atoms with van der Waals surface area (Å²) in [5, 5.41) is 2.75. The third-order valence-electron chi connectivity index (χ3n) is 3.89. The topological polar surface area (TPSA) is 38.3 Å². The molecule has 0 saturated heterocycles. The Labute approximate surface area is 154 Å². The van der Waals surface area contributed by atoms with Crippen molar-refractivity contribution in [2.45, 2.75) is 13.0 Å². The van der Waals surface area contributed by atoms with E-state index in [9.17, 15) is 4.79 Å². The van der Waals surface area contributed by atoms with Crippen molar-refractivity contribution in [1.82, 2.24) is 0 Å². The smallest absolute Gasteiger partial charge is 0.412 e. The van der Waals surface area contributed by atoms with Crippen LogP contribution in [0.25, 0.3) is 17.2 Å². The minimum Gasteiger partial charge on any atom is -0.442 e. The highest BCUT2D eigenvalue weighted by molar-refractivity contribution is 5.85. The molecule has 1 N–H and O–H groups in total. The Morgan fingerprint density at radius 3 is 2.08 bits per heavy atom. The summed E-state index contributed by atoms with van der Waals surface area (Å²) in [6.45, 7) is 1.83. The lowest BCUT2D eigenvalue weighted by Gasteiger charge is -2.11. The van der Waals surface area contributed by atoms with Crippen LogP contribution in [0.5, 0.6) is 0 Å². The molecule has 0 unspecified atom stereocenters. The molecule has 1 amide bonds. The fourth-order valence-corrected chi connectivity index (χ4v) is 2.54. The van der Waals surface area contributed by atoms with E-state index in [1.807, 2.05) is 91.9 Å². The highest BCUT2D eigenvalue weighted by atomic mass is 16.6. The van der Waals surface area contributed by atoms with Gasteiger partial charge in [-0.2, -0.15) is 0 Å². The molecule has 0 aliphatic heterocycles. The number of hydrogen-bond donors (Lipinski definition) is 1. The molecule has 0 bridgehead atoms. The van der Waals surface area contributed by atoms with E-state index in [1.54, 1.807) is 0 Å². The molecule has 0 heterocycles. The SMILES string of the molecule is C[C@@H](/C=C/c1ccccc1)OC(=O)Nc1ccc(-c2ccccc2)cc1. The zero-order chi connectivity index (χ0) is 18.2. The summed E-state index contributed by atoms with van der Waals surface area (Å²) in [5.74, 6) is 0. The molecule has 3 heteroatoms. The van der Waals surface area contributed by atoms with Crippen LogP contribution >= 0.6 is 0 Å². The number of anilines is 1. The average molecular weight is 343 g/mol. The maximum Gasteiger partial charge on any atom is 0.412 e. The van der Waals surface area contributed by atoms with Gasteiger partial charge in [-0.1, -0.05) is 78.9 Å². The number of rotatable bonds is 5. The second kappa shape index (κ2) is 8.67. The van der Waals surface area contributed by atoms with Crippen molar-refractivity contribution < 1.29 is 9.53 Å². The second-order valence-corrected chi connectivity index (χ2v) is 5.95. The van der Waals surface area contributed by atoms with Crippen LogP contribution in [-0.4, -0.2) is 12.2 Å². The summed E-state index contributed by atoms with van der Waals surface area (Å²) in [6, 6.07) is 27.7. The van der Waals surface area contributed by atoms with Gasteiger partial charge < -0.3 is 4.74 Å². The molecule has 0 saturated carbocycles. The van der Waals surface area contributed by atoms with Gasteiger partial charge in [-0.25, -0.2) is 4.79 Å². The molecule has 3 aromatic rings. The first-order valence-electron chi connectivity index (χ1n) is 8.57. The summed E-state index contributed by atoms with van der Waals surface area (Å²) in [6.07, 6.45) is 3.00. The number of nitrogens with one attached hydrogen (secondary N) is 1. The number of ether oxygens (including phenoxy) is 1. The largest absolute Gasteiger partial charge is 0.442 e. The van der Waals surface area contributed by atoms with Crippen LogP contribution in [0, 0.1) is 0 Å². The van der Waals surface area contributed by atoms with E-state index in [-0.39, 0.29) is 6.10 Å². The molecule has 0 aromatic heterocycles. The van der Waals surface area contributed by atoms with Crippen LogP contribution < -0.4 is 5.32 Å². The van der Waals surface area contributed by atoms with Gasteiger partial charge in [0.2, 0.25) is 0 Å². The lowest BCUT2D eigenvalue weighted by atomic mass is 10.1. The number of carbonyl (C=O) groups is 1. The quantitative estimate of drug-likeness (QED) is 0.616. The van der Waals surface area contributed by atoms with Crippen LogP contribution in [0.1, 0.15) is 12.5 Å². The standard InChI is InChI=1S/C23H21NO2/c1-18(12-13-19-8-4-2-5-9-19)26-23(25)24-22-16-14-21(15-17-22)20-10-6-3-7-11-20/h2-18H,1H3,(H,24,25)/b13-12+/t18-/m0/s1. The van der Waals surface area contributed by atoms with Gasteiger partial charge in [0.05, 0.1) is 0 Å². The fourth-order valence-electron chi connectivity index (χ4n) is 2.54. The van der Waals surface area contributed by atoms with E-state index in [0.29, 0.717) is 5.69 Å². The Morgan fingerprint density at radius 1 is 0.846 bits per heavy atom.